The molecule has 1 saturated heterocycles. The van der Waals surface area contributed by atoms with Crippen LogP contribution in [0.2, 0.25) is 0 Å². The number of hydroxylamine groups is 3. The van der Waals surface area contributed by atoms with Gasteiger partial charge < -0.3 is 19.6 Å². The predicted molar refractivity (Wildman–Crippen MR) is 85.4 cm³/mol. The number of carbonyl (C=O) groups excluding carboxylic acids is 2. The van der Waals surface area contributed by atoms with Crippen molar-refractivity contribution < 1.29 is 33.5 Å². The molecule has 4 atom stereocenters. The number of hydrogen-bond acceptors (Lipinski definition) is 7. The topological polar surface area (TPSA) is 101 Å². The van der Waals surface area contributed by atoms with Gasteiger partial charge >= 0.3 is 18.4 Å². The van der Waals surface area contributed by atoms with Crippen molar-refractivity contribution in [2.24, 2.45) is 0 Å². The van der Waals surface area contributed by atoms with Crippen LogP contribution in [0.3, 0.4) is 0 Å². The van der Waals surface area contributed by atoms with E-state index in [1.807, 2.05) is 0 Å². The number of ether oxygens (including phenoxy) is 1. The second-order valence-electron chi connectivity index (χ2n) is 6.31. The lowest BCUT2D eigenvalue weighted by molar-refractivity contribution is -0.223. The van der Waals surface area contributed by atoms with Gasteiger partial charge in [0.2, 0.25) is 0 Å². The number of halogens is 1. The maximum absolute atomic E-state index is 13.8. The molecule has 10 heteroatoms. The minimum Gasteiger partial charge on any atom is -0.462 e. The average Bonchev–Trinajstić information content (AvgIpc) is 3.38. The number of carbonyl (C=O) groups is 2. The Balaban J connectivity index is 1.64. The molecule has 0 radical (unpaired) electrons. The summed E-state index contributed by atoms with van der Waals surface area (Å²) in [6.45, 7) is 3.47. The van der Waals surface area contributed by atoms with Gasteiger partial charge in [-0.15, -0.1) is 5.48 Å². The number of rotatable bonds is 8. The fraction of sp³-hybridized carbons (Fsp3) is 0.625. The number of esters is 1. The molecular formula is C16H22FN3O6. The van der Waals surface area contributed by atoms with Crippen molar-refractivity contribution in [3.63, 3.8) is 0 Å². The highest BCUT2D eigenvalue weighted by molar-refractivity contribution is 5.79. The molecule has 2 amide bonds. The summed E-state index contributed by atoms with van der Waals surface area (Å²) in [5.41, 5.74) is 4.30. The van der Waals surface area contributed by atoms with Crippen LogP contribution in [0.25, 0.3) is 0 Å². The molecule has 26 heavy (non-hydrogen) atoms. The lowest BCUT2D eigenvalue weighted by Gasteiger charge is -2.33. The molecule has 0 unspecified atom stereocenters. The van der Waals surface area contributed by atoms with Crippen LogP contribution >= 0.6 is 0 Å². The quantitative estimate of drug-likeness (QED) is 0.213. The number of hydrogen-bond donors (Lipinski definition) is 2. The lowest BCUT2D eigenvalue weighted by Crippen LogP contribution is -2.52. The predicted octanol–water partition coefficient (Wildman–Crippen LogP) is 0.729. The fourth-order valence-electron chi connectivity index (χ4n) is 2.96. The van der Waals surface area contributed by atoms with Crippen molar-refractivity contribution in [1.82, 2.24) is 15.4 Å². The summed E-state index contributed by atoms with van der Waals surface area (Å²) < 4.78 is 18.4. The molecule has 2 aliphatic heterocycles. The van der Waals surface area contributed by atoms with Gasteiger partial charge in [0.15, 0.2) is 6.23 Å². The minimum atomic E-state index is -2.40. The second-order valence-corrected chi connectivity index (χ2v) is 6.31. The van der Waals surface area contributed by atoms with Crippen LogP contribution in [0.1, 0.15) is 26.7 Å². The molecular weight excluding hydrogens is 349 g/mol. The summed E-state index contributed by atoms with van der Waals surface area (Å²) in [4.78, 5) is 35.2. The number of amides is 2. The first-order chi connectivity index (χ1) is 12.4. The van der Waals surface area contributed by atoms with Gasteiger partial charge in [0.05, 0.1) is 18.7 Å². The number of urea groups is 1. The fourth-order valence-corrected chi connectivity index (χ4v) is 2.96. The van der Waals surface area contributed by atoms with Gasteiger partial charge in [0.25, 0.3) is 0 Å². The highest BCUT2D eigenvalue weighted by Crippen LogP contribution is 2.31. The molecule has 9 nitrogen and oxygen atoms in total. The maximum atomic E-state index is 13.8. The lowest BCUT2D eigenvalue weighted by atomic mass is 9.99. The molecule has 3 rings (SSSR count). The number of alkyl halides is 1. The summed E-state index contributed by atoms with van der Waals surface area (Å²) >= 11 is 0. The average molecular weight is 371 g/mol. The van der Waals surface area contributed by atoms with Crippen LogP contribution in [-0.2, 0) is 19.2 Å². The Labute approximate surface area is 149 Å². The molecule has 2 N–H and O–H groups in total. The summed E-state index contributed by atoms with van der Waals surface area (Å²) in [7, 11) is 0. The van der Waals surface area contributed by atoms with E-state index in [1.165, 1.54) is 18.1 Å². The molecule has 1 saturated carbocycles. The van der Waals surface area contributed by atoms with Crippen molar-refractivity contribution in [3.05, 3.63) is 23.5 Å². The van der Waals surface area contributed by atoms with Crippen LogP contribution < -0.4 is 5.48 Å². The van der Waals surface area contributed by atoms with Crippen LogP contribution in [0.4, 0.5) is 9.18 Å². The van der Waals surface area contributed by atoms with Crippen LogP contribution in [0.15, 0.2) is 23.5 Å². The highest BCUT2D eigenvalue weighted by Gasteiger charge is 2.48. The van der Waals surface area contributed by atoms with E-state index in [9.17, 15) is 19.1 Å². The largest absolute Gasteiger partial charge is 0.462 e. The molecule has 0 spiro atoms. The van der Waals surface area contributed by atoms with Crippen molar-refractivity contribution >= 4 is 12.0 Å². The third-order valence-electron chi connectivity index (χ3n) is 4.31. The molecule has 0 aromatic heterocycles. The van der Waals surface area contributed by atoms with E-state index in [0.29, 0.717) is 5.57 Å². The zero-order valence-corrected chi connectivity index (χ0v) is 14.6. The number of nitrogens with zero attached hydrogens (tertiary/aromatic N) is 2. The standard InChI is InChI=1S/C16H22FN3O6/c1-3-24-15(22)13(17)26-20-11-6-9(2)12(19(7-11)16(20)23)14(21)18-25-8-10-4-5-10/h6,8,11-14,18,21H,3-5,7H2,1-2H3/t11-,12+,13-,14-/m1/s1. The van der Waals surface area contributed by atoms with Crippen molar-refractivity contribution in [3.8, 4) is 0 Å². The van der Waals surface area contributed by atoms with E-state index in [4.69, 9.17) is 9.68 Å². The van der Waals surface area contributed by atoms with Gasteiger partial charge in [-0.25, -0.2) is 18.8 Å². The van der Waals surface area contributed by atoms with Gasteiger partial charge in [-0.05, 0) is 37.8 Å². The molecule has 0 aromatic rings. The van der Waals surface area contributed by atoms with Crippen LogP contribution in [0.5, 0.6) is 0 Å². The van der Waals surface area contributed by atoms with Crippen molar-refractivity contribution in [1.29, 1.82) is 0 Å². The number of fused-ring (bicyclic) bond motifs is 2. The van der Waals surface area contributed by atoms with E-state index in [-0.39, 0.29) is 13.2 Å². The summed E-state index contributed by atoms with van der Waals surface area (Å²) in [5.74, 6) is -1.20. The molecule has 144 valence electrons. The maximum Gasteiger partial charge on any atom is 0.370 e. The number of aliphatic hydroxyl groups excluding tert-OH is 1. The van der Waals surface area contributed by atoms with E-state index in [0.717, 1.165) is 23.5 Å². The number of allylic oxidation sites excluding steroid dienone is 1. The van der Waals surface area contributed by atoms with Gasteiger partial charge in [0.1, 0.15) is 6.26 Å². The molecule has 3 aliphatic rings. The Kier molecular flexibility index (Phi) is 5.44. The molecule has 2 heterocycles. The first-order valence-corrected chi connectivity index (χ1v) is 8.45. The van der Waals surface area contributed by atoms with E-state index in [2.05, 4.69) is 10.2 Å². The van der Waals surface area contributed by atoms with Gasteiger partial charge in [-0.2, -0.15) is 5.06 Å². The van der Waals surface area contributed by atoms with Gasteiger partial charge in [-0.1, -0.05) is 6.08 Å². The first kappa shape index (κ1) is 18.6. The van der Waals surface area contributed by atoms with E-state index >= 15 is 0 Å². The third kappa shape index (κ3) is 3.81. The smallest absolute Gasteiger partial charge is 0.370 e. The van der Waals surface area contributed by atoms with E-state index in [1.54, 1.807) is 13.0 Å². The monoisotopic (exact) mass is 371 g/mol. The number of nitrogens with one attached hydrogen (secondary N) is 1. The third-order valence-corrected chi connectivity index (χ3v) is 4.31. The molecule has 2 fully saturated rings. The summed E-state index contributed by atoms with van der Waals surface area (Å²) in [6, 6.07) is -1.92. The zero-order chi connectivity index (χ0) is 18.8. The molecule has 1 aliphatic carbocycles. The van der Waals surface area contributed by atoms with E-state index < -0.39 is 36.7 Å². The Hall–Kier alpha value is -2.17. The SMILES string of the molecule is CCOC(=O)[C@H](F)ON1C(=O)N2C[C@H]1C=C(C)[C@H]2[C@@H](O)NOC=C1CC1. The Bertz CT molecular complexity index is 633. The number of aliphatic hydroxyl groups is 1. The van der Waals surface area contributed by atoms with Crippen LogP contribution in [0, 0.1) is 0 Å². The second kappa shape index (κ2) is 7.60. The molecule has 0 aromatic carbocycles. The Morgan fingerprint density at radius 1 is 1.54 bits per heavy atom. The first-order valence-electron chi connectivity index (χ1n) is 8.45. The highest BCUT2D eigenvalue weighted by atomic mass is 19.1. The summed E-state index contributed by atoms with van der Waals surface area (Å²) in [5, 5.41) is 11.1. The van der Waals surface area contributed by atoms with Crippen molar-refractivity contribution in [2.75, 3.05) is 13.2 Å². The molecule has 2 bridgehead atoms. The van der Waals surface area contributed by atoms with Gasteiger partial charge in [0, 0.05) is 6.54 Å². The Morgan fingerprint density at radius 3 is 2.92 bits per heavy atom. The normalized spacial score (nSPS) is 26.4. The Morgan fingerprint density at radius 2 is 2.27 bits per heavy atom. The summed E-state index contributed by atoms with van der Waals surface area (Å²) in [6.07, 6.45) is 1.59. The minimum absolute atomic E-state index is 0.00121. The van der Waals surface area contributed by atoms with Crippen molar-refractivity contribution in [2.45, 2.75) is 51.4 Å². The van der Waals surface area contributed by atoms with Gasteiger partial charge in [-0.3, -0.25) is 0 Å². The van der Waals surface area contributed by atoms with Crippen LogP contribution in [-0.4, -0.2) is 64.9 Å². The zero-order valence-electron chi connectivity index (χ0n) is 14.6.